The fourth-order valence-corrected chi connectivity index (χ4v) is 2.40. The van der Waals surface area contributed by atoms with Gasteiger partial charge in [-0.3, -0.25) is 0 Å². The Morgan fingerprint density at radius 3 is 2.00 bits per heavy atom. The normalized spacial score (nSPS) is 10.3. The van der Waals surface area contributed by atoms with E-state index in [9.17, 15) is 0 Å². The van der Waals surface area contributed by atoms with Crippen LogP contribution in [0.5, 0.6) is 5.75 Å². The van der Waals surface area contributed by atoms with Crippen LogP contribution in [0, 0.1) is 0 Å². The molecule has 0 saturated carbocycles. The van der Waals surface area contributed by atoms with Gasteiger partial charge in [0.15, 0.2) is 0 Å². The maximum Gasteiger partial charge on any atom is 0.119 e. The average molecular weight is 303 g/mol. The second kappa shape index (κ2) is 8.04. The monoisotopic (exact) mass is 303 g/mol. The molecule has 3 rings (SSSR count). The quantitative estimate of drug-likeness (QED) is 0.669. The Morgan fingerprint density at radius 1 is 0.652 bits per heavy atom. The number of para-hydroxylation sites is 1. The topological polar surface area (TPSA) is 21.3 Å². The van der Waals surface area contributed by atoms with Crippen LogP contribution in [-0.4, -0.2) is 6.61 Å². The van der Waals surface area contributed by atoms with Gasteiger partial charge in [0.2, 0.25) is 0 Å². The van der Waals surface area contributed by atoms with Crippen molar-refractivity contribution >= 4 is 5.69 Å². The maximum absolute atomic E-state index is 5.81. The lowest BCUT2D eigenvalue weighted by molar-refractivity contribution is 0.322. The summed E-state index contributed by atoms with van der Waals surface area (Å²) in [5.74, 6) is 0.921. The van der Waals surface area contributed by atoms with Crippen LogP contribution in [-0.2, 0) is 13.0 Å². The molecule has 0 aliphatic carbocycles. The zero-order chi connectivity index (χ0) is 15.7. The Balaban J connectivity index is 1.45. The lowest BCUT2D eigenvalue weighted by atomic mass is 10.2. The van der Waals surface area contributed by atoms with Crippen LogP contribution in [0.15, 0.2) is 84.9 Å². The van der Waals surface area contributed by atoms with Crippen LogP contribution in [0.25, 0.3) is 0 Å². The lowest BCUT2D eigenvalue weighted by Gasteiger charge is -2.09. The van der Waals surface area contributed by atoms with Gasteiger partial charge >= 0.3 is 0 Å². The predicted molar refractivity (Wildman–Crippen MR) is 95.9 cm³/mol. The number of hydrogen-bond acceptors (Lipinski definition) is 2. The fourth-order valence-electron chi connectivity index (χ4n) is 2.40. The zero-order valence-electron chi connectivity index (χ0n) is 13.1. The summed E-state index contributed by atoms with van der Waals surface area (Å²) in [5, 5.41) is 3.40. The van der Waals surface area contributed by atoms with Gasteiger partial charge in [-0.15, -0.1) is 0 Å². The number of benzene rings is 3. The highest BCUT2D eigenvalue weighted by molar-refractivity contribution is 5.43. The summed E-state index contributed by atoms with van der Waals surface area (Å²) in [6, 6.07) is 28.9. The molecule has 0 bridgehead atoms. The molecule has 0 amide bonds. The van der Waals surface area contributed by atoms with Gasteiger partial charge in [0.05, 0.1) is 6.61 Å². The smallest absolute Gasteiger partial charge is 0.119 e. The van der Waals surface area contributed by atoms with Crippen molar-refractivity contribution < 1.29 is 4.74 Å². The van der Waals surface area contributed by atoms with Crippen LogP contribution in [0.1, 0.15) is 11.1 Å². The summed E-state index contributed by atoms with van der Waals surface area (Å²) >= 11 is 0. The molecule has 2 nitrogen and oxygen atoms in total. The van der Waals surface area contributed by atoms with E-state index >= 15 is 0 Å². The van der Waals surface area contributed by atoms with Gasteiger partial charge in [0, 0.05) is 18.7 Å². The second-order valence-electron chi connectivity index (χ2n) is 5.45. The highest BCUT2D eigenvalue weighted by Crippen LogP contribution is 2.14. The SMILES string of the molecule is c1ccc(CCOc2ccc(CNc3ccccc3)cc2)cc1. The average Bonchev–Trinajstić information content (AvgIpc) is 2.63. The highest BCUT2D eigenvalue weighted by Gasteiger charge is 1.97. The number of ether oxygens (including phenoxy) is 1. The molecular formula is C21H21NO. The first-order valence-corrected chi connectivity index (χ1v) is 7.95. The number of hydrogen-bond donors (Lipinski definition) is 1. The van der Waals surface area contributed by atoms with Crippen LogP contribution >= 0.6 is 0 Å². The summed E-state index contributed by atoms with van der Waals surface area (Å²) < 4.78 is 5.81. The zero-order valence-corrected chi connectivity index (χ0v) is 13.1. The van der Waals surface area contributed by atoms with Crippen LogP contribution in [0.4, 0.5) is 5.69 Å². The number of rotatable bonds is 7. The van der Waals surface area contributed by atoms with E-state index < -0.39 is 0 Å². The summed E-state index contributed by atoms with van der Waals surface area (Å²) in [7, 11) is 0. The molecule has 0 fully saturated rings. The Hall–Kier alpha value is -2.74. The molecule has 0 aliphatic rings. The fraction of sp³-hybridized carbons (Fsp3) is 0.143. The van der Waals surface area contributed by atoms with Crippen LogP contribution < -0.4 is 10.1 Å². The first-order valence-electron chi connectivity index (χ1n) is 7.95. The maximum atomic E-state index is 5.81. The standard InChI is InChI=1S/C21H21NO/c1-3-7-18(8-4-1)15-16-23-21-13-11-19(12-14-21)17-22-20-9-5-2-6-10-20/h1-14,22H,15-17H2. The van der Waals surface area contributed by atoms with Crippen molar-refractivity contribution in [2.45, 2.75) is 13.0 Å². The number of nitrogens with one attached hydrogen (secondary N) is 1. The van der Waals surface area contributed by atoms with Gasteiger partial charge in [-0.1, -0.05) is 60.7 Å². The van der Waals surface area contributed by atoms with Crippen molar-refractivity contribution in [2.75, 3.05) is 11.9 Å². The molecule has 0 spiro atoms. The Bertz CT molecular complexity index is 693. The van der Waals surface area contributed by atoms with Gasteiger partial charge in [-0.25, -0.2) is 0 Å². The van der Waals surface area contributed by atoms with E-state index in [4.69, 9.17) is 4.74 Å². The predicted octanol–water partition coefficient (Wildman–Crippen LogP) is 4.92. The largest absolute Gasteiger partial charge is 0.493 e. The van der Waals surface area contributed by atoms with E-state index in [2.05, 4.69) is 53.8 Å². The summed E-state index contributed by atoms with van der Waals surface area (Å²) in [4.78, 5) is 0. The van der Waals surface area contributed by atoms with Crippen LogP contribution in [0.3, 0.4) is 0 Å². The second-order valence-corrected chi connectivity index (χ2v) is 5.45. The molecule has 0 atom stereocenters. The van der Waals surface area contributed by atoms with Crippen molar-refractivity contribution in [3.63, 3.8) is 0 Å². The van der Waals surface area contributed by atoms with Crippen molar-refractivity contribution in [1.82, 2.24) is 0 Å². The van der Waals surface area contributed by atoms with E-state index in [0.717, 1.165) is 24.4 Å². The molecule has 3 aromatic rings. The van der Waals surface area contributed by atoms with Crippen LogP contribution in [0.2, 0.25) is 0 Å². The molecule has 1 N–H and O–H groups in total. The molecule has 0 saturated heterocycles. The molecule has 0 radical (unpaired) electrons. The minimum atomic E-state index is 0.700. The summed E-state index contributed by atoms with van der Waals surface area (Å²) in [6.07, 6.45) is 0.929. The van der Waals surface area contributed by atoms with E-state index in [0.29, 0.717) is 6.61 Å². The Labute approximate surface area is 137 Å². The van der Waals surface area contributed by atoms with E-state index in [1.807, 2.05) is 36.4 Å². The van der Waals surface area contributed by atoms with E-state index in [1.54, 1.807) is 0 Å². The Morgan fingerprint density at radius 2 is 1.30 bits per heavy atom. The molecule has 0 unspecified atom stereocenters. The molecule has 3 aromatic carbocycles. The molecule has 116 valence electrons. The highest BCUT2D eigenvalue weighted by atomic mass is 16.5. The molecule has 0 heterocycles. The molecule has 23 heavy (non-hydrogen) atoms. The minimum Gasteiger partial charge on any atom is -0.493 e. The van der Waals surface area contributed by atoms with Crippen molar-refractivity contribution in [2.24, 2.45) is 0 Å². The summed E-state index contributed by atoms with van der Waals surface area (Å²) in [5.41, 5.74) is 3.68. The van der Waals surface area contributed by atoms with Gasteiger partial charge < -0.3 is 10.1 Å². The number of anilines is 1. The molecule has 0 aromatic heterocycles. The van der Waals surface area contributed by atoms with E-state index in [1.165, 1.54) is 11.1 Å². The van der Waals surface area contributed by atoms with Gasteiger partial charge in [0.1, 0.15) is 5.75 Å². The third kappa shape index (κ3) is 4.89. The van der Waals surface area contributed by atoms with Crippen molar-refractivity contribution in [3.05, 3.63) is 96.1 Å². The van der Waals surface area contributed by atoms with E-state index in [-0.39, 0.29) is 0 Å². The van der Waals surface area contributed by atoms with Crippen molar-refractivity contribution in [1.29, 1.82) is 0 Å². The molecule has 2 heteroatoms. The first-order chi connectivity index (χ1) is 11.4. The molecule has 0 aliphatic heterocycles. The minimum absolute atomic E-state index is 0.700. The van der Waals surface area contributed by atoms with Gasteiger partial charge in [-0.2, -0.15) is 0 Å². The summed E-state index contributed by atoms with van der Waals surface area (Å²) in [6.45, 7) is 1.51. The van der Waals surface area contributed by atoms with Gasteiger partial charge in [-0.05, 0) is 35.4 Å². The third-order valence-electron chi connectivity index (χ3n) is 3.70. The Kier molecular flexibility index (Phi) is 5.30. The first kappa shape index (κ1) is 15.2. The van der Waals surface area contributed by atoms with Gasteiger partial charge in [0.25, 0.3) is 0 Å². The van der Waals surface area contributed by atoms with Crippen molar-refractivity contribution in [3.8, 4) is 5.75 Å². The lowest BCUT2D eigenvalue weighted by Crippen LogP contribution is -2.02. The third-order valence-corrected chi connectivity index (χ3v) is 3.70. The molecular weight excluding hydrogens is 282 g/mol.